The Morgan fingerprint density at radius 2 is 2.21 bits per heavy atom. The van der Waals surface area contributed by atoms with Gasteiger partial charge < -0.3 is 0 Å². The third kappa shape index (κ3) is 1.97. The maximum absolute atomic E-state index is 5.85. The molecule has 1 nitrogen and oxygen atoms in total. The summed E-state index contributed by atoms with van der Waals surface area (Å²) in [6.07, 6.45) is 1.75. The number of rotatable bonds is 1. The van der Waals surface area contributed by atoms with Crippen LogP contribution >= 0.6 is 27.5 Å². The fourth-order valence-electron chi connectivity index (χ4n) is 1.18. The van der Waals surface area contributed by atoms with E-state index < -0.39 is 0 Å². The zero-order valence-electron chi connectivity index (χ0n) is 7.17. The van der Waals surface area contributed by atoms with E-state index in [0.29, 0.717) is 5.02 Å². The fourth-order valence-corrected chi connectivity index (χ4v) is 1.85. The van der Waals surface area contributed by atoms with Crippen molar-refractivity contribution in [2.45, 2.75) is 0 Å². The third-order valence-corrected chi connectivity index (χ3v) is 2.66. The van der Waals surface area contributed by atoms with Gasteiger partial charge in [0.15, 0.2) is 0 Å². The average molecular weight is 268 g/mol. The van der Waals surface area contributed by atoms with Crippen molar-refractivity contribution in [1.29, 1.82) is 0 Å². The van der Waals surface area contributed by atoms with Crippen LogP contribution in [0.25, 0.3) is 11.3 Å². The van der Waals surface area contributed by atoms with Gasteiger partial charge in [-0.1, -0.05) is 23.7 Å². The minimum atomic E-state index is 0.597. The quantitative estimate of drug-likeness (QED) is 0.762. The van der Waals surface area contributed by atoms with Crippen molar-refractivity contribution in [2.24, 2.45) is 0 Å². The van der Waals surface area contributed by atoms with Crippen molar-refractivity contribution >= 4 is 27.5 Å². The second-order valence-electron chi connectivity index (χ2n) is 2.76. The second kappa shape index (κ2) is 4.11. The molecule has 0 aliphatic rings. The molecule has 0 saturated heterocycles. The Balaban J connectivity index is 2.55. The van der Waals surface area contributed by atoms with Gasteiger partial charge in [0.1, 0.15) is 0 Å². The van der Waals surface area contributed by atoms with Crippen molar-refractivity contribution in [3.63, 3.8) is 0 Å². The van der Waals surface area contributed by atoms with Crippen molar-refractivity contribution in [1.82, 2.24) is 4.98 Å². The molecule has 0 amide bonds. The smallest absolute Gasteiger partial charge is 0.0844 e. The molecular weight excluding hydrogens is 261 g/mol. The number of hydrogen-bond acceptors (Lipinski definition) is 1. The lowest BCUT2D eigenvalue weighted by molar-refractivity contribution is 1.31. The number of hydrogen-bond donors (Lipinski definition) is 0. The number of benzene rings is 1. The van der Waals surface area contributed by atoms with Crippen LogP contribution in [0, 0.1) is 6.07 Å². The molecule has 0 unspecified atom stereocenters. The highest BCUT2D eigenvalue weighted by Gasteiger charge is 2.03. The molecule has 1 radical (unpaired) electrons. The first-order chi connectivity index (χ1) is 6.77. The molecule has 0 bridgehead atoms. The van der Waals surface area contributed by atoms with Gasteiger partial charge in [-0.15, -0.1) is 0 Å². The molecule has 1 aromatic heterocycles. The van der Waals surface area contributed by atoms with Gasteiger partial charge in [-0.2, -0.15) is 0 Å². The number of pyridine rings is 1. The lowest BCUT2D eigenvalue weighted by Gasteiger charge is -2.02. The summed E-state index contributed by atoms with van der Waals surface area (Å²) in [5.41, 5.74) is 1.88. The fraction of sp³-hybridized carbons (Fsp3) is 0. The minimum Gasteiger partial charge on any atom is -0.255 e. The van der Waals surface area contributed by atoms with Crippen molar-refractivity contribution in [2.75, 3.05) is 0 Å². The second-order valence-corrected chi connectivity index (χ2v) is 4.02. The van der Waals surface area contributed by atoms with E-state index in [9.17, 15) is 0 Å². The Morgan fingerprint density at radius 1 is 1.36 bits per heavy atom. The van der Waals surface area contributed by atoms with E-state index in [4.69, 9.17) is 11.6 Å². The largest absolute Gasteiger partial charge is 0.255 e. The van der Waals surface area contributed by atoms with Crippen LogP contribution in [-0.4, -0.2) is 4.98 Å². The summed E-state index contributed by atoms with van der Waals surface area (Å²) in [6.45, 7) is 0. The molecule has 14 heavy (non-hydrogen) atoms. The van der Waals surface area contributed by atoms with Crippen LogP contribution in [0.3, 0.4) is 0 Å². The molecule has 0 aliphatic heterocycles. The number of aromatic nitrogens is 1. The van der Waals surface area contributed by atoms with Gasteiger partial charge in [0, 0.05) is 27.3 Å². The van der Waals surface area contributed by atoms with Crippen molar-refractivity contribution in [3.8, 4) is 11.3 Å². The zero-order chi connectivity index (χ0) is 9.97. The van der Waals surface area contributed by atoms with E-state index in [1.165, 1.54) is 0 Å². The molecule has 69 valence electrons. The van der Waals surface area contributed by atoms with E-state index in [1.54, 1.807) is 12.3 Å². The third-order valence-electron chi connectivity index (χ3n) is 1.80. The summed E-state index contributed by atoms with van der Waals surface area (Å²) in [5, 5.41) is 0.597. The summed E-state index contributed by atoms with van der Waals surface area (Å²) in [4.78, 5) is 4.27. The van der Waals surface area contributed by atoms with E-state index in [1.807, 2.05) is 24.3 Å². The van der Waals surface area contributed by atoms with Crippen LogP contribution in [0.4, 0.5) is 0 Å². The molecule has 0 N–H and O–H groups in total. The predicted molar refractivity (Wildman–Crippen MR) is 61.2 cm³/mol. The van der Waals surface area contributed by atoms with Gasteiger partial charge in [-0.05, 0) is 34.1 Å². The van der Waals surface area contributed by atoms with Crippen molar-refractivity contribution in [3.05, 3.63) is 52.1 Å². The highest BCUT2D eigenvalue weighted by Crippen LogP contribution is 2.26. The summed E-state index contributed by atoms with van der Waals surface area (Å²) >= 11 is 9.29. The average Bonchev–Trinajstić information content (AvgIpc) is 2.18. The number of nitrogens with zero attached hydrogens (tertiary/aromatic N) is 1. The van der Waals surface area contributed by atoms with E-state index in [0.717, 1.165) is 15.7 Å². The maximum atomic E-state index is 5.85. The first-order valence-corrected chi connectivity index (χ1v) is 5.22. The van der Waals surface area contributed by atoms with Crippen LogP contribution in [0.2, 0.25) is 5.02 Å². The predicted octanol–water partition coefficient (Wildman–Crippen LogP) is 3.96. The molecular formula is C11H6BrClN. The van der Waals surface area contributed by atoms with Crippen molar-refractivity contribution < 1.29 is 0 Å². The van der Waals surface area contributed by atoms with Gasteiger partial charge in [0.05, 0.1) is 5.69 Å². The topological polar surface area (TPSA) is 12.9 Å². The Hall–Kier alpha value is -0.860. The molecule has 0 aliphatic carbocycles. The van der Waals surface area contributed by atoms with E-state index in [2.05, 4.69) is 27.0 Å². The van der Waals surface area contributed by atoms with Gasteiger partial charge in [-0.25, -0.2) is 0 Å². The zero-order valence-corrected chi connectivity index (χ0v) is 9.51. The first-order valence-electron chi connectivity index (χ1n) is 4.05. The van der Waals surface area contributed by atoms with Crippen LogP contribution in [0.5, 0.6) is 0 Å². The standard InChI is InChI=1S/C11H6BrClN/c12-10-5-2-6-14-11(10)8-3-1-4-9(13)7-8/h1-3,5-7H. The molecule has 0 saturated carbocycles. The summed E-state index contributed by atoms with van der Waals surface area (Å²) in [5.74, 6) is 0. The molecule has 0 spiro atoms. The lowest BCUT2D eigenvalue weighted by atomic mass is 10.1. The van der Waals surface area contributed by atoms with E-state index >= 15 is 0 Å². The molecule has 3 heteroatoms. The van der Waals surface area contributed by atoms with Gasteiger partial charge in [0.25, 0.3) is 0 Å². The summed E-state index contributed by atoms with van der Waals surface area (Å²) < 4.78 is 0.960. The van der Waals surface area contributed by atoms with Crippen LogP contribution in [0.15, 0.2) is 41.0 Å². The van der Waals surface area contributed by atoms with Crippen LogP contribution in [-0.2, 0) is 0 Å². The molecule has 0 atom stereocenters. The first kappa shape index (κ1) is 9.69. The Bertz CT molecular complexity index is 457. The summed E-state index contributed by atoms with van der Waals surface area (Å²) in [6, 6.07) is 12.3. The highest BCUT2D eigenvalue weighted by molar-refractivity contribution is 9.10. The normalized spacial score (nSPS) is 10.1. The van der Waals surface area contributed by atoms with Crippen LogP contribution < -0.4 is 0 Å². The summed E-state index contributed by atoms with van der Waals surface area (Å²) in [7, 11) is 0. The van der Waals surface area contributed by atoms with Crippen LogP contribution in [0.1, 0.15) is 0 Å². The maximum Gasteiger partial charge on any atom is 0.0844 e. The van der Waals surface area contributed by atoms with Gasteiger partial charge in [0.2, 0.25) is 0 Å². The molecule has 2 rings (SSSR count). The highest BCUT2D eigenvalue weighted by atomic mass is 79.9. The van der Waals surface area contributed by atoms with Gasteiger partial charge in [-0.3, -0.25) is 4.98 Å². The molecule has 0 fully saturated rings. The molecule has 1 aromatic carbocycles. The minimum absolute atomic E-state index is 0.597. The number of halogens is 2. The Kier molecular flexibility index (Phi) is 2.85. The Morgan fingerprint density at radius 3 is 2.93 bits per heavy atom. The van der Waals surface area contributed by atoms with Gasteiger partial charge >= 0.3 is 0 Å². The van der Waals surface area contributed by atoms with E-state index in [-0.39, 0.29) is 0 Å². The Labute approximate surface area is 95.9 Å². The molecule has 2 aromatic rings. The molecule has 1 heterocycles. The lowest BCUT2D eigenvalue weighted by Crippen LogP contribution is -1.83. The monoisotopic (exact) mass is 266 g/mol. The SMILES string of the molecule is Clc1[c]ccc(-c2ncccc2Br)c1.